The molecule has 0 unspecified atom stereocenters. The van der Waals surface area contributed by atoms with Gasteiger partial charge in [-0.05, 0) is 43.7 Å². The molecule has 142 valence electrons. The molecule has 1 amide bonds. The largest absolute Gasteiger partial charge is 0.482 e. The molecule has 0 atom stereocenters. The van der Waals surface area contributed by atoms with E-state index >= 15 is 0 Å². The molecule has 1 N–H and O–H groups in total. The SMILES string of the molecule is CC(C)OC(=O)COc1ccc(/C=N\NC(=O)CN2CCOCC2)cc1. The van der Waals surface area contributed by atoms with Gasteiger partial charge in [-0.25, -0.2) is 10.2 Å². The van der Waals surface area contributed by atoms with E-state index < -0.39 is 5.97 Å². The lowest BCUT2D eigenvalue weighted by Gasteiger charge is -2.25. The zero-order chi connectivity index (χ0) is 18.8. The topological polar surface area (TPSA) is 89.5 Å². The summed E-state index contributed by atoms with van der Waals surface area (Å²) in [5.41, 5.74) is 3.31. The maximum absolute atomic E-state index is 11.8. The van der Waals surface area contributed by atoms with Gasteiger partial charge in [-0.15, -0.1) is 0 Å². The summed E-state index contributed by atoms with van der Waals surface area (Å²) in [6.45, 7) is 6.55. The van der Waals surface area contributed by atoms with E-state index in [0.717, 1.165) is 18.7 Å². The van der Waals surface area contributed by atoms with Crippen molar-refractivity contribution in [2.24, 2.45) is 5.10 Å². The van der Waals surface area contributed by atoms with Crippen LogP contribution in [0.15, 0.2) is 29.4 Å². The number of ether oxygens (including phenoxy) is 3. The third-order valence-corrected chi connectivity index (χ3v) is 3.48. The second-order valence-electron chi connectivity index (χ2n) is 6.08. The van der Waals surface area contributed by atoms with Gasteiger partial charge < -0.3 is 14.2 Å². The summed E-state index contributed by atoms with van der Waals surface area (Å²) in [6.07, 6.45) is 1.39. The van der Waals surface area contributed by atoms with Gasteiger partial charge in [0.2, 0.25) is 0 Å². The lowest BCUT2D eigenvalue weighted by molar-refractivity contribution is -0.149. The minimum atomic E-state index is -0.409. The van der Waals surface area contributed by atoms with Crippen LogP contribution in [0.4, 0.5) is 0 Å². The number of amides is 1. The van der Waals surface area contributed by atoms with Crippen LogP contribution < -0.4 is 10.2 Å². The number of nitrogens with zero attached hydrogens (tertiary/aromatic N) is 2. The van der Waals surface area contributed by atoms with Crippen LogP contribution in [0.1, 0.15) is 19.4 Å². The Morgan fingerprint density at radius 2 is 1.96 bits per heavy atom. The number of carbonyl (C=O) groups excluding carboxylic acids is 2. The predicted octanol–water partition coefficient (Wildman–Crippen LogP) is 0.799. The molecule has 0 spiro atoms. The molecule has 2 rings (SSSR count). The summed E-state index contributed by atoms with van der Waals surface area (Å²) >= 11 is 0. The Balaban J connectivity index is 1.71. The molecule has 0 saturated carbocycles. The quantitative estimate of drug-likeness (QED) is 0.417. The van der Waals surface area contributed by atoms with Crippen LogP contribution in [0.2, 0.25) is 0 Å². The van der Waals surface area contributed by atoms with Gasteiger partial charge in [-0.2, -0.15) is 5.10 Å². The summed E-state index contributed by atoms with van der Waals surface area (Å²) in [5, 5.41) is 3.95. The molecule has 0 bridgehead atoms. The van der Waals surface area contributed by atoms with E-state index in [9.17, 15) is 9.59 Å². The number of benzene rings is 1. The van der Waals surface area contributed by atoms with E-state index in [-0.39, 0.29) is 18.6 Å². The summed E-state index contributed by atoms with van der Waals surface area (Å²) in [4.78, 5) is 25.3. The first-order chi connectivity index (χ1) is 12.5. The van der Waals surface area contributed by atoms with Crippen LogP contribution in [0, 0.1) is 0 Å². The summed E-state index contributed by atoms with van der Waals surface area (Å²) in [5.74, 6) is -0.0143. The summed E-state index contributed by atoms with van der Waals surface area (Å²) < 4.78 is 15.6. The first-order valence-corrected chi connectivity index (χ1v) is 8.57. The molecule has 1 aromatic carbocycles. The third kappa shape index (κ3) is 7.62. The van der Waals surface area contributed by atoms with Crippen molar-refractivity contribution in [2.45, 2.75) is 20.0 Å². The predicted molar refractivity (Wildman–Crippen MR) is 96.2 cm³/mol. The van der Waals surface area contributed by atoms with Crippen molar-refractivity contribution >= 4 is 18.1 Å². The highest BCUT2D eigenvalue weighted by Gasteiger charge is 2.13. The Bertz CT molecular complexity index is 610. The number of nitrogens with one attached hydrogen (secondary N) is 1. The standard InChI is InChI=1S/C18H25N3O5/c1-14(2)26-18(23)13-25-16-5-3-15(4-6-16)11-19-20-17(22)12-21-7-9-24-10-8-21/h3-6,11,14H,7-10,12-13H2,1-2H3,(H,20,22)/b19-11-. The number of carbonyl (C=O) groups is 2. The number of rotatable bonds is 8. The Morgan fingerprint density at radius 3 is 2.62 bits per heavy atom. The molecule has 0 aliphatic carbocycles. The Morgan fingerprint density at radius 1 is 1.27 bits per heavy atom. The van der Waals surface area contributed by atoms with Gasteiger partial charge in [-0.1, -0.05) is 0 Å². The van der Waals surface area contributed by atoms with Gasteiger partial charge in [0.05, 0.1) is 32.1 Å². The van der Waals surface area contributed by atoms with Gasteiger partial charge in [0.1, 0.15) is 5.75 Å². The third-order valence-electron chi connectivity index (χ3n) is 3.48. The van der Waals surface area contributed by atoms with Gasteiger partial charge in [0, 0.05) is 13.1 Å². The second kappa shape index (κ2) is 10.5. The zero-order valence-electron chi connectivity index (χ0n) is 15.1. The summed E-state index contributed by atoms with van der Waals surface area (Å²) in [7, 11) is 0. The van der Waals surface area contributed by atoms with Crippen molar-refractivity contribution in [3.63, 3.8) is 0 Å². The molecule has 0 radical (unpaired) electrons. The van der Waals surface area contributed by atoms with Crippen molar-refractivity contribution in [1.29, 1.82) is 0 Å². The smallest absolute Gasteiger partial charge is 0.344 e. The molecule has 1 aliphatic heterocycles. The van der Waals surface area contributed by atoms with Crippen LogP contribution in [-0.4, -0.2) is 68.5 Å². The minimum absolute atomic E-state index is 0.136. The molecule has 1 heterocycles. The number of hydrazone groups is 1. The van der Waals surface area contributed by atoms with Gasteiger partial charge in [0.15, 0.2) is 6.61 Å². The van der Waals surface area contributed by atoms with Crippen molar-refractivity contribution < 1.29 is 23.8 Å². The highest BCUT2D eigenvalue weighted by molar-refractivity contribution is 5.83. The fourth-order valence-electron chi connectivity index (χ4n) is 2.27. The number of morpholine rings is 1. The fraction of sp³-hybridized carbons (Fsp3) is 0.500. The molecule has 8 nitrogen and oxygen atoms in total. The Hall–Kier alpha value is -2.45. The zero-order valence-corrected chi connectivity index (χ0v) is 15.1. The van der Waals surface area contributed by atoms with Crippen LogP contribution in [-0.2, 0) is 19.1 Å². The van der Waals surface area contributed by atoms with Crippen LogP contribution in [0.25, 0.3) is 0 Å². The number of esters is 1. The maximum Gasteiger partial charge on any atom is 0.344 e. The van der Waals surface area contributed by atoms with Crippen molar-refractivity contribution in [1.82, 2.24) is 10.3 Å². The Kier molecular flexibility index (Phi) is 8.04. The Labute approximate surface area is 153 Å². The average Bonchev–Trinajstić information content (AvgIpc) is 2.61. The highest BCUT2D eigenvalue weighted by atomic mass is 16.6. The first kappa shape index (κ1) is 19.9. The molecule has 1 saturated heterocycles. The van der Waals surface area contributed by atoms with E-state index in [1.54, 1.807) is 44.3 Å². The maximum atomic E-state index is 11.8. The van der Waals surface area contributed by atoms with Crippen molar-refractivity contribution in [3.05, 3.63) is 29.8 Å². The molecular formula is C18H25N3O5. The van der Waals surface area contributed by atoms with Gasteiger partial charge >= 0.3 is 5.97 Å². The molecule has 1 aliphatic rings. The van der Waals surface area contributed by atoms with Gasteiger partial charge in [0.25, 0.3) is 5.91 Å². The molecule has 26 heavy (non-hydrogen) atoms. The first-order valence-electron chi connectivity index (χ1n) is 8.57. The van der Waals surface area contributed by atoms with Crippen molar-refractivity contribution in [3.8, 4) is 5.75 Å². The lowest BCUT2D eigenvalue weighted by atomic mass is 10.2. The molecular weight excluding hydrogens is 338 g/mol. The average molecular weight is 363 g/mol. The molecule has 1 aromatic rings. The van der Waals surface area contributed by atoms with E-state index in [2.05, 4.69) is 10.5 Å². The summed E-state index contributed by atoms with van der Waals surface area (Å²) in [6, 6.07) is 7.00. The monoisotopic (exact) mass is 363 g/mol. The molecule has 1 fully saturated rings. The van der Waals surface area contributed by atoms with E-state index in [0.29, 0.717) is 25.5 Å². The molecule has 8 heteroatoms. The van der Waals surface area contributed by atoms with Crippen molar-refractivity contribution in [2.75, 3.05) is 39.5 Å². The van der Waals surface area contributed by atoms with Gasteiger partial charge in [-0.3, -0.25) is 9.69 Å². The van der Waals surface area contributed by atoms with Crippen LogP contribution in [0.3, 0.4) is 0 Å². The normalized spacial score (nSPS) is 15.2. The molecule has 0 aromatic heterocycles. The lowest BCUT2D eigenvalue weighted by Crippen LogP contribution is -2.42. The number of hydrogen-bond donors (Lipinski definition) is 1. The van der Waals surface area contributed by atoms with Crippen LogP contribution >= 0.6 is 0 Å². The van der Waals surface area contributed by atoms with E-state index in [1.807, 2.05) is 4.90 Å². The van der Waals surface area contributed by atoms with E-state index in [1.165, 1.54) is 0 Å². The van der Waals surface area contributed by atoms with E-state index in [4.69, 9.17) is 14.2 Å². The minimum Gasteiger partial charge on any atom is -0.482 e. The van der Waals surface area contributed by atoms with Crippen LogP contribution in [0.5, 0.6) is 5.75 Å². The number of hydrogen-bond acceptors (Lipinski definition) is 7. The fourth-order valence-corrected chi connectivity index (χ4v) is 2.27. The highest BCUT2D eigenvalue weighted by Crippen LogP contribution is 2.11. The second-order valence-corrected chi connectivity index (χ2v) is 6.08.